The summed E-state index contributed by atoms with van der Waals surface area (Å²) < 4.78 is 12.6. The van der Waals surface area contributed by atoms with Gasteiger partial charge in [0.1, 0.15) is 23.0 Å². The van der Waals surface area contributed by atoms with E-state index in [1.165, 1.54) is 22.3 Å². The van der Waals surface area contributed by atoms with Crippen molar-refractivity contribution in [2.24, 2.45) is 0 Å². The van der Waals surface area contributed by atoms with E-state index in [2.05, 4.69) is 79.7 Å². The summed E-state index contributed by atoms with van der Waals surface area (Å²) in [5.41, 5.74) is 9.45. The number of aryl methyl sites for hydroxylation is 4. The van der Waals surface area contributed by atoms with Gasteiger partial charge in [0, 0.05) is 0 Å². The lowest BCUT2D eigenvalue weighted by molar-refractivity contribution is 0.456. The van der Waals surface area contributed by atoms with Crippen LogP contribution in [-0.2, 0) is 0 Å². The van der Waals surface area contributed by atoms with E-state index in [-0.39, 0.29) is 0 Å². The average molecular weight is 375 g/mol. The van der Waals surface area contributed by atoms with Crippen LogP contribution in [0.3, 0.4) is 0 Å². The van der Waals surface area contributed by atoms with Crippen LogP contribution in [0.2, 0.25) is 0 Å². The molecule has 0 amide bonds. The van der Waals surface area contributed by atoms with Crippen molar-refractivity contribution >= 4 is 0 Å². The van der Waals surface area contributed by atoms with Crippen LogP contribution >= 0.6 is 0 Å². The highest BCUT2D eigenvalue weighted by Gasteiger charge is 2.18. The molecule has 3 aromatic carbocycles. The van der Waals surface area contributed by atoms with Crippen LogP contribution in [0.5, 0.6) is 23.0 Å². The highest BCUT2D eigenvalue weighted by atomic mass is 16.5. The van der Waals surface area contributed by atoms with Gasteiger partial charge >= 0.3 is 0 Å². The molecule has 0 aliphatic carbocycles. The Kier molecular flexibility index (Phi) is 5.51. The van der Waals surface area contributed by atoms with Gasteiger partial charge in [0.15, 0.2) is 0 Å². The summed E-state index contributed by atoms with van der Waals surface area (Å²) in [7, 11) is 0. The SMILES string of the molecule is Cc1ccc(Oc2c(C)c(C)c(Oc3ccc(C)c(C)c3)c(C)c2C)cc1C. The molecule has 0 atom stereocenters. The van der Waals surface area contributed by atoms with Crippen molar-refractivity contribution in [1.82, 2.24) is 0 Å². The fourth-order valence-electron chi connectivity index (χ4n) is 3.34. The zero-order chi connectivity index (χ0) is 20.6. The van der Waals surface area contributed by atoms with E-state index in [1.54, 1.807) is 0 Å². The second kappa shape index (κ2) is 7.71. The topological polar surface area (TPSA) is 18.5 Å². The van der Waals surface area contributed by atoms with Gasteiger partial charge in [-0.1, -0.05) is 12.1 Å². The zero-order valence-electron chi connectivity index (χ0n) is 18.3. The predicted octanol–water partition coefficient (Wildman–Crippen LogP) is 7.74. The van der Waals surface area contributed by atoms with Crippen molar-refractivity contribution in [1.29, 1.82) is 0 Å². The Morgan fingerprint density at radius 1 is 0.429 bits per heavy atom. The lowest BCUT2D eigenvalue weighted by Gasteiger charge is -2.21. The molecule has 0 aliphatic rings. The summed E-state index contributed by atoms with van der Waals surface area (Å²) in [4.78, 5) is 0. The van der Waals surface area contributed by atoms with Crippen molar-refractivity contribution in [3.63, 3.8) is 0 Å². The number of ether oxygens (including phenoxy) is 2. The average Bonchev–Trinajstić information content (AvgIpc) is 2.66. The van der Waals surface area contributed by atoms with Gasteiger partial charge in [-0.05, 0) is 124 Å². The first-order chi connectivity index (χ1) is 13.2. The molecule has 0 aromatic heterocycles. The van der Waals surface area contributed by atoms with Crippen LogP contribution in [-0.4, -0.2) is 0 Å². The lowest BCUT2D eigenvalue weighted by Crippen LogP contribution is -2.01. The van der Waals surface area contributed by atoms with Gasteiger partial charge in [-0.15, -0.1) is 0 Å². The minimum atomic E-state index is 0.871. The van der Waals surface area contributed by atoms with E-state index in [0.29, 0.717) is 0 Å². The Morgan fingerprint density at radius 2 is 0.750 bits per heavy atom. The Morgan fingerprint density at radius 3 is 1.04 bits per heavy atom. The molecule has 0 saturated heterocycles. The fourth-order valence-corrected chi connectivity index (χ4v) is 3.34. The third kappa shape index (κ3) is 3.77. The molecule has 2 nitrogen and oxygen atoms in total. The number of hydrogen-bond acceptors (Lipinski definition) is 2. The smallest absolute Gasteiger partial charge is 0.134 e. The maximum absolute atomic E-state index is 6.32. The number of hydrogen-bond donors (Lipinski definition) is 0. The van der Waals surface area contributed by atoms with Crippen molar-refractivity contribution in [2.45, 2.75) is 55.4 Å². The molecular formula is C26H30O2. The summed E-state index contributed by atoms with van der Waals surface area (Å²) in [5.74, 6) is 3.59. The highest BCUT2D eigenvalue weighted by Crippen LogP contribution is 2.41. The molecule has 146 valence electrons. The van der Waals surface area contributed by atoms with Crippen molar-refractivity contribution in [2.75, 3.05) is 0 Å². The summed E-state index contributed by atoms with van der Waals surface area (Å²) in [6.07, 6.45) is 0. The molecule has 3 rings (SSSR count). The molecule has 28 heavy (non-hydrogen) atoms. The molecule has 0 N–H and O–H groups in total. The predicted molar refractivity (Wildman–Crippen MR) is 117 cm³/mol. The minimum absolute atomic E-state index is 0.871. The van der Waals surface area contributed by atoms with Gasteiger partial charge in [-0.2, -0.15) is 0 Å². The molecule has 3 aromatic rings. The Labute approximate surface area is 169 Å². The van der Waals surface area contributed by atoms with E-state index in [0.717, 1.165) is 45.3 Å². The van der Waals surface area contributed by atoms with Gasteiger partial charge in [-0.3, -0.25) is 0 Å². The van der Waals surface area contributed by atoms with Gasteiger partial charge < -0.3 is 9.47 Å². The van der Waals surface area contributed by atoms with Gasteiger partial charge in [0.05, 0.1) is 0 Å². The molecule has 0 bridgehead atoms. The van der Waals surface area contributed by atoms with Gasteiger partial charge in [0.25, 0.3) is 0 Å². The zero-order valence-corrected chi connectivity index (χ0v) is 18.3. The van der Waals surface area contributed by atoms with Crippen LogP contribution in [0, 0.1) is 55.4 Å². The number of rotatable bonds is 4. The summed E-state index contributed by atoms with van der Waals surface area (Å²) >= 11 is 0. The first kappa shape index (κ1) is 20.0. The van der Waals surface area contributed by atoms with E-state index in [9.17, 15) is 0 Å². The number of benzene rings is 3. The fraction of sp³-hybridized carbons (Fsp3) is 0.308. The van der Waals surface area contributed by atoms with E-state index in [1.807, 2.05) is 12.1 Å². The van der Waals surface area contributed by atoms with E-state index in [4.69, 9.17) is 9.47 Å². The molecule has 0 saturated carbocycles. The largest absolute Gasteiger partial charge is 0.457 e. The second-order valence-electron chi connectivity index (χ2n) is 7.85. The van der Waals surface area contributed by atoms with Crippen LogP contribution in [0.25, 0.3) is 0 Å². The normalized spacial score (nSPS) is 10.9. The van der Waals surface area contributed by atoms with Gasteiger partial charge in [0.2, 0.25) is 0 Å². The molecule has 0 spiro atoms. The molecule has 0 unspecified atom stereocenters. The molecule has 0 fully saturated rings. The maximum atomic E-state index is 6.32. The van der Waals surface area contributed by atoms with Crippen LogP contribution in [0.15, 0.2) is 36.4 Å². The third-order valence-corrected chi connectivity index (χ3v) is 5.88. The first-order valence-corrected chi connectivity index (χ1v) is 9.79. The maximum Gasteiger partial charge on any atom is 0.134 e. The van der Waals surface area contributed by atoms with Gasteiger partial charge in [-0.25, -0.2) is 0 Å². The van der Waals surface area contributed by atoms with Crippen LogP contribution in [0.1, 0.15) is 44.5 Å². The standard InChI is InChI=1S/C26H30O2/c1-15-9-11-23(13-17(15)3)27-25-19(5)21(7)26(22(8)20(25)6)28-24-12-10-16(2)18(4)14-24/h9-14H,1-8H3. The Hall–Kier alpha value is -2.74. The second-order valence-corrected chi connectivity index (χ2v) is 7.85. The molecule has 0 aliphatic heterocycles. The summed E-state index contributed by atoms with van der Waals surface area (Å²) in [5, 5.41) is 0. The van der Waals surface area contributed by atoms with E-state index < -0.39 is 0 Å². The van der Waals surface area contributed by atoms with Crippen LogP contribution < -0.4 is 9.47 Å². The highest BCUT2D eigenvalue weighted by molar-refractivity contribution is 5.59. The Bertz CT molecular complexity index is 931. The van der Waals surface area contributed by atoms with Crippen LogP contribution in [0.4, 0.5) is 0 Å². The monoisotopic (exact) mass is 374 g/mol. The van der Waals surface area contributed by atoms with Crippen molar-refractivity contribution in [3.05, 3.63) is 80.9 Å². The van der Waals surface area contributed by atoms with E-state index >= 15 is 0 Å². The quantitative estimate of drug-likeness (QED) is 0.465. The lowest BCUT2D eigenvalue weighted by atomic mass is 9.98. The molecule has 0 heterocycles. The third-order valence-electron chi connectivity index (χ3n) is 5.88. The van der Waals surface area contributed by atoms with Crippen molar-refractivity contribution < 1.29 is 9.47 Å². The first-order valence-electron chi connectivity index (χ1n) is 9.79. The van der Waals surface area contributed by atoms with Crippen molar-refractivity contribution in [3.8, 4) is 23.0 Å². The Balaban J connectivity index is 2.01. The summed E-state index contributed by atoms with van der Waals surface area (Å²) in [6.45, 7) is 16.9. The minimum Gasteiger partial charge on any atom is -0.457 e. The summed E-state index contributed by atoms with van der Waals surface area (Å²) in [6, 6.07) is 12.5. The molecule has 0 radical (unpaired) electrons. The molecule has 2 heteroatoms. The molecular weight excluding hydrogens is 344 g/mol.